The minimum absolute atomic E-state index is 0.0684. The molecule has 0 aliphatic heterocycles. The molecule has 0 saturated heterocycles. The average molecular weight is 272 g/mol. The smallest absolute Gasteiger partial charge is 0.420 e. The molecule has 0 aliphatic carbocycles. The van der Waals surface area contributed by atoms with E-state index in [0.29, 0.717) is 0 Å². The van der Waals surface area contributed by atoms with Gasteiger partial charge in [-0.2, -0.15) is 13.2 Å². The fraction of sp³-hybridized carbons (Fsp3) is 0.0833. The summed E-state index contributed by atoms with van der Waals surface area (Å²) in [7, 11) is 0. The number of nitrogen functional groups attached to an aromatic ring is 1. The van der Waals surface area contributed by atoms with Gasteiger partial charge in [0.15, 0.2) is 5.82 Å². The van der Waals surface area contributed by atoms with Gasteiger partial charge in [0.05, 0.1) is 0 Å². The summed E-state index contributed by atoms with van der Waals surface area (Å²) < 4.78 is 56.5. The molecule has 1 aromatic heterocycles. The Bertz CT molecular complexity index is 599. The minimum Gasteiger partial charge on any atom is -0.436 e. The highest BCUT2D eigenvalue weighted by Crippen LogP contribution is 2.39. The van der Waals surface area contributed by atoms with Crippen molar-refractivity contribution < 1.29 is 22.3 Å². The zero-order valence-electron chi connectivity index (χ0n) is 9.41. The van der Waals surface area contributed by atoms with Crippen LogP contribution in [0.5, 0.6) is 11.6 Å². The number of anilines is 1. The largest absolute Gasteiger partial charge is 0.436 e. The quantitative estimate of drug-likeness (QED) is 0.671. The fourth-order valence-electron chi connectivity index (χ4n) is 1.41. The summed E-state index contributed by atoms with van der Waals surface area (Å²) in [6.07, 6.45) is -3.45. The molecule has 0 atom stereocenters. The van der Waals surface area contributed by atoms with E-state index in [1.54, 1.807) is 0 Å². The van der Waals surface area contributed by atoms with Crippen LogP contribution in [0, 0.1) is 5.82 Å². The Balaban J connectivity index is 2.44. The van der Waals surface area contributed by atoms with E-state index in [1.165, 1.54) is 18.3 Å². The van der Waals surface area contributed by atoms with Crippen LogP contribution in [0.3, 0.4) is 0 Å². The molecule has 0 saturated carbocycles. The van der Waals surface area contributed by atoms with Gasteiger partial charge in [0, 0.05) is 11.9 Å². The lowest BCUT2D eigenvalue weighted by atomic mass is 10.1. The number of hydrogen-bond donors (Lipinski definition) is 1. The van der Waals surface area contributed by atoms with Crippen LogP contribution in [0.2, 0.25) is 0 Å². The summed E-state index contributed by atoms with van der Waals surface area (Å²) in [6.45, 7) is 0. The molecule has 0 aliphatic rings. The van der Waals surface area contributed by atoms with Crippen LogP contribution in [-0.4, -0.2) is 4.98 Å². The lowest BCUT2D eigenvalue weighted by molar-refractivity contribution is -0.138. The number of nitrogens with two attached hydrogens (primary N) is 1. The number of halogens is 4. The SMILES string of the molecule is Nc1ccc(Oc2ncccc2F)c(C(F)(F)F)c1. The number of aromatic nitrogens is 1. The van der Waals surface area contributed by atoms with E-state index < -0.39 is 29.2 Å². The molecule has 2 N–H and O–H groups in total. The van der Waals surface area contributed by atoms with E-state index in [0.717, 1.165) is 18.2 Å². The second-order valence-corrected chi connectivity index (χ2v) is 3.65. The number of hydrogen-bond acceptors (Lipinski definition) is 3. The van der Waals surface area contributed by atoms with Gasteiger partial charge >= 0.3 is 6.18 Å². The van der Waals surface area contributed by atoms with Crippen LogP contribution in [-0.2, 0) is 6.18 Å². The summed E-state index contributed by atoms with van der Waals surface area (Å²) in [5.41, 5.74) is 4.15. The molecule has 7 heteroatoms. The van der Waals surface area contributed by atoms with Crippen molar-refractivity contribution in [1.29, 1.82) is 0 Å². The molecule has 2 rings (SSSR count). The fourth-order valence-corrected chi connectivity index (χ4v) is 1.41. The zero-order chi connectivity index (χ0) is 14.0. The van der Waals surface area contributed by atoms with Crippen molar-refractivity contribution in [3.05, 3.63) is 47.9 Å². The second-order valence-electron chi connectivity index (χ2n) is 3.65. The van der Waals surface area contributed by atoms with Crippen molar-refractivity contribution in [2.24, 2.45) is 0 Å². The molecule has 3 nitrogen and oxygen atoms in total. The Hall–Kier alpha value is -2.31. The molecule has 0 amide bonds. The first-order valence-electron chi connectivity index (χ1n) is 5.13. The molecule has 0 spiro atoms. The summed E-state index contributed by atoms with van der Waals surface area (Å²) in [4.78, 5) is 3.52. The molecule has 0 unspecified atom stereocenters. The maximum Gasteiger partial charge on any atom is 0.420 e. The maximum absolute atomic E-state index is 13.3. The molecular weight excluding hydrogens is 264 g/mol. The van der Waals surface area contributed by atoms with Crippen LogP contribution >= 0.6 is 0 Å². The minimum atomic E-state index is -4.66. The topological polar surface area (TPSA) is 48.1 Å². The van der Waals surface area contributed by atoms with Crippen molar-refractivity contribution in [3.8, 4) is 11.6 Å². The third-order valence-electron chi connectivity index (χ3n) is 2.24. The van der Waals surface area contributed by atoms with Crippen LogP contribution in [0.4, 0.5) is 23.2 Å². The van der Waals surface area contributed by atoms with Gasteiger partial charge in [-0.1, -0.05) is 0 Å². The molecule has 0 radical (unpaired) electrons. The van der Waals surface area contributed by atoms with E-state index in [-0.39, 0.29) is 5.69 Å². The van der Waals surface area contributed by atoms with E-state index in [2.05, 4.69) is 4.98 Å². The number of ether oxygens (including phenoxy) is 1. The third-order valence-corrected chi connectivity index (χ3v) is 2.24. The predicted octanol–water partition coefficient (Wildman–Crippen LogP) is 3.61. The van der Waals surface area contributed by atoms with Gasteiger partial charge in [0.2, 0.25) is 0 Å². The Morgan fingerprint density at radius 1 is 1.16 bits per heavy atom. The van der Waals surface area contributed by atoms with Crippen molar-refractivity contribution in [2.45, 2.75) is 6.18 Å². The maximum atomic E-state index is 13.3. The first-order valence-corrected chi connectivity index (χ1v) is 5.13. The molecule has 19 heavy (non-hydrogen) atoms. The molecular formula is C12H8F4N2O. The van der Waals surface area contributed by atoms with Gasteiger partial charge < -0.3 is 10.5 Å². The summed E-state index contributed by atoms with van der Waals surface area (Å²) in [5.74, 6) is -1.94. The monoisotopic (exact) mass is 272 g/mol. The van der Waals surface area contributed by atoms with Gasteiger partial charge in [-0.05, 0) is 30.3 Å². The molecule has 1 aromatic carbocycles. The highest BCUT2D eigenvalue weighted by Gasteiger charge is 2.35. The molecule has 0 bridgehead atoms. The number of pyridine rings is 1. The van der Waals surface area contributed by atoms with E-state index in [9.17, 15) is 17.6 Å². The number of benzene rings is 1. The Labute approximate surface area is 105 Å². The van der Waals surface area contributed by atoms with E-state index in [4.69, 9.17) is 10.5 Å². The van der Waals surface area contributed by atoms with Crippen LogP contribution in [0.1, 0.15) is 5.56 Å². The molecule has 0 fully saturated rings. The Morgan fingerprint density at radius 3 is 2.53 bits per heavy atom. The van der Waals surface area contributed by atoms with Gasteiger partial charge in [-0.25, -0.2) is 9.37 Å². The van der Waals surface area contributed by atoms with Gasteiger partial charge in [-0.15, -0.1) is 0 Å². The van der Waals surface area contributed by atoms with Crippen LogP contribution < -0.4 is 10.5 Å². The van der Waals surface area contributed by atoms with Crippen molar-refractivity contribution in [1.82, 2.24) is 4.98 Å². The average Bonchev–Trinajstić information content (AvgIpc) is 2.33. The normalized spacial score (nSPS) is 11.4. The Morgan fingerprint density at radius 2 is 1.89 bits per heavy atom. The molecule has 2 aromatic rings. The van der Waals surface area contributed by atoms with Crippen LogP contribution in [0.15, 0.2) is 36.5 Å². The first kappa shape index (κ1) is 13.1. The molecule has 1 heterocycles. The van der Waals surface area contributed by atoms with Gasteiger partial charge in [0.25, 0.3) is 5.88 Å². The van der Waals surface area contributed by atoms with Crippen LogP contribution in [0.25, 0.3) is 0 Å². The summed E-state index contributed by atoms with van der Waals surface area (Å²) in [6, 6.07) is 5.30. The van der Waals surface area contributed by atoms with Gasteiger partial charge in [0.1, 0.15) is 11.3 Å². The number of alkyl halides is 3. The number of rotatable bonds is 2. The predicted molar refractivity (Wildman–Crippen MR) is 60.1 cm³/mol. The summed E-state index contributed by atoms with van der Waals surface area (Å²) >= 11 is 0. The first-order chi connectivity index (χ1) is 8.88. The van der Waals surface area contributed by atoms with E-state index >= 15 is 0 Å². The van der Waals surface area contributed by atoms with Crippen molar-refractivity contribution in [3.63, 3.8) is 0 Å². The standard InChI is InChI=1S/C12H8F4N2O/c13-9-2-1-5-18-11(9)19-10-4-3-7(17)6-8(10)12(14,15)16/h1-6H,17H2. The van der Waals surface area contributed by atoms with Gasteiger partial charge in [-0.3, -0.25) is 0 Å². The zero-order valence-corrected chi connectivity index (χ0v) is 9.41. The van der Waals surface area contributed by atoms with E-state index in [1.807, 2.05) is 0 Å². The molecule has 100 valence electrons. The summed E-state index contributed by atoms with van der Waals surface area (Å²) in [5, 5.41) is 0. The van der Waals surface area contributed by atoms with Crippen molar-refractivity contribution in [2.75, 3.05) is 5.73 Å². The van der Waals surface area contributed by atoms with Crippen molar-refractivity contribution >= 4 is 5.69 Å². The third kappa shape index (κ3) is 2.93. The highest BCUT2D eigenvalue weighted by molar-refractivity contribution is 5.50. The lowest BCUT2D eigenvalue weighted by Gasteiger charge is -2.13. The Kier molecular flexibility index (Phi) is 3.28. The second kappa shape index (κ2) is 4.75. The highest BCUT2D eigenvalue weighted by atomic mass is 19.4. The number of nitrogens with zero attached hydrogens (tertiary/aromatic N) is 1. The lowest BCUT2D eigenvalue weighted by Crippen LogP contribution is -2.08.